The van der Waals surface area contributed by atoms with Gasteiger partial charge in [-0.05, 0) is 30.3 Å². The SMILES string of the molecule is COC(=O)C1=c2s/c(=C\c3ccccc3OC)c(=O)n2C(N)=C(c2nc3ccccc3s2)[C@@H]1c1ccccc1OC. The molecular formula is C31H25N3O5S2. The smallest absolute Gasteiger partial charge is 0.337 e. The molecule has 2 aromatic heterocycles. The van der Waals surface area contributed by atoms with Gasteiger partial charge in [0.25, 0.3) is 5.56 Å². The Morgan fingerprint density at radius 2 is 1.61 bits per heavy atom. The van der Waals surface area contributed by atoms with E-state index < -0.39 is 11.9 Å². The van der Waals surface area contributed by atoms with Crippen molar-refractivity contribution in [3.8, 4) is 11.5 Å². The minimum absolute atomic E-state index is 0.198. The van der Waals surface area contributed by atoms with Gasteiger partial charge in [-0.1, -0.05) is 48.5 Å². The van der Waals surface area contributed by atoms with Gasteiger partial charge in [-0.3, -0.25) is 9.36 Å². The zero-order valence-electron chi connectivity index (χ0n) is 22.4. The lowest BCUT2D eigenvalue weighted by molar-refractivity contribution is -0.134. The number of thiazole rings is 2. The Kier molecular flexibility index (Phi) is 6.94. The van der Waals surface area contributed by atoms with Crippen molar-refractivity contribution in [3.63, 3.8) is 0 Å². The number of carbonyl (C=O) groups is 1. The highest BCUT2D eigenvalue weighted by Crippen LogP contribution is 2.46. The molecule has 41 heavy (non-hydrogen) atoms. The average molecular weight is 584 g/mol. The van der Waals surface area contributed by atoms with Gasteiger partial charge in [0.2, 0.25) is 0 Å². The van der Waals surface area contributed by atoms with E-state index in [1.807, 2.05) is 72.8 Å². The van der Waals surface area contributed by atoms with Gasteiger partial charge in [-0.25, -0.2) is 9.78 Å². The lowest BCUT2D eigenvalue weighted by Gasteiger charge is -2.28. The normalized spacial score (nSPS) is 15.2. The number of nitrogens with zero attached hydrogens (tertiary/aromatic N) is 2. The van der Waals surface area contributed by atoms with Gasteiger partial charge in [0.05, 0.1) is 47.6 Å². The van der Waals surface area contributed by atoms with Gasteiger partial charge in [0.1, 0.15) is 27.0 Å². The Morgan fingerprint density at radius 1 is 0.927 bits per heavy atom. The number of esters is 1. The van der Waals surface area contributed by atoms with Crippen LogP contribution in [0.25, 0.3) is 33.3 Å². The molecular weight excluding hydrogens is 558 g/mol. The van der Waals surface area contributed by atoms with E-state index in [0.29, 0.717) is 36.8 Å². The van der Waals surface area contributed by atoms with Crippen molar-refractivity contribution in [1.29, 1.82) is 0 Å². The molecule has 1 aliphatic rings. The number of fused-ring (bicyclic) bond motifs is 2. The van der Waals surface area contributed by atoms with Crippen molar-refractivity contribution in [2.75, 3.05) is 21.3 Å². The Bertz CT molecular complexity index is 2000. The summed E-state index contributed by atoms with van der Waals surface area (Å²) in [5, 5.41) is 0.597. The standard InChI is InChI=1S/C31H25N3O5S2/c1-37-20-13-7-4-10-17(20)16-23-29(35)34-27(32)25(28-33-19-12-6-9-15-22(19)40-28)24(18-11-5-8-14-21(18)38-2)26(30(34)41-23)31(36)39-3/h4-16,24H,32H2,1-3H3/b23-16-/t24-/m0/s1. The van der Waals surface area contributed by atoms with Crippen LogP contribution in [0.5, 0.6) is 11.5 Å². The maximum Gasteiger partial charge on any atom is 0.337 e. The zero-order valence-corrected chi connectivity index (χ0v) is 24.0. The summed E-state index contributed by atoms with van der Waals surface area (Å²) in [4.78, 5) is 32.5. The molecule has 3 heterocycles. The van der Waals surface area contributed by atoms with Crippen LogP contribution in [0.15, 0.2) is 77.6 Å². The third kappa shape index (κ3) is 4.41. The van der Waals surface area contributed by atoms with E-state index in [0.717, 1.165) is 15.8 Å². The maximum absolute atomic E-state index is 14.0. The molecule has 5 aromatic rings. The Balaban J connectivity index is 1.75. The fourth-order valence-electron chi connectivity index (χ4n) is 5.10. The second-order valence-corrected chi connectivity index (χ2v) is 11.2. The minimum Gasteiger partial charge on any atom is -0.496 e. The van der Waals surface area contributed by atoms with Gasteiger partial charge < -0.3 is 19.9 Å². The van der Waals surface area contributed by atoms with Crippen LogP contribution in [-0.2, 0) is 9.53 Å². The summed E-state index contributed by atoms with van der Waals surface area (Å²) in [6.07, 6.45) is 1.74. The lowest BCUT2D eigenvalue weighted by atomic mass is 9.83. The molecule has 6 rings (SSSR count). The largest absolute Gasteiger partial charge is 0.496 e. The summed E-state index contributed by atoms with van der Waals surface area (Å²) in [7, 11) is 4.47. The quantitative estimate of drug-likeness (QED) is 0.304. The van der Waals surface area contributed by atoms with Gasteiger partial charge in [-0.15, -0.1) is 22.7 Å². The monoisotopic (exact) mass is 583 g/mol. The fourth-order valence-corrected chi connectivity index (χ4v) is 7.30. The number of ether oxygens (including phenoxy) is 3. The van der Waals surface area contributed by atoms with E-state index in [-0.39, 0.29) is 17.0 Å². The summed E-state index contributed by atoms with van der Waals surface area (Å²) in [6.45, 7) is 0. The van der Waals surface area contributed by atoms with Crippen LogP contribution in [0.2, 0.25) is 0 Å². The highest BCUT2D eigenvalue weighted by Gasteiger charge is 2.39. The fraction of sp³-hybridized carbons (Fsp3) is 0.129. The molecule has 0 unspecified atom stereocenters. The first-order chi connectivity index (χ1) is 20.0. The van der Waals surface area contributed by atoms with Crippen LogP contribution in [0.3, 0.4) is 0 Å². The molecule has 0 radical (unpaired) electrons. The molecule has 0 bridgehead atoms. The first-order valence-corrected chi connectivity index (χ1v) is 14.3. The van der Waals surface area contributed by atoms with E-state index in [4.69, 9.17) is 24.9 Å². The molecule has 8 nitrogen and oxygen atoms in total. The lowest BCUT2D eigenvalue weighted by Crippen LogP contribution is -2.40. The Labute approximate surface area is 242 Å². The molecule has 0 saturated carbocycles. The molecule has 3 aromatic carbocycles. The van der Waals surface area contributed by atoms with Gasteiger partial charge >= 0.3 is 5.97 Å². The second-order valence-electron chi connectivity index (χ2n) is 9.16. The summed E-state index contributed by atoms with van der Waals surface area (Å²) in [6, 6.07) is 22.6. The highest BCUT2D eigenvalue weighted by molar-refractivity contribution is 7.19. The van der Waals surface area contributed by atoms with Crippen molar-refractivity contribution >= 4 is 61.9 Å². The topological polar surface area (TPSA) is 106 Å². The van der Waals surface area contributed by atoms with Gasteiger partial charge in [0.15, 0.2) is 0 Å². The molecule has 2 N–H and O–H groups in total. The molecule has 0 aliphatic carbocycles. The number of benzene rings is 3. The number of methoxy groups -OCH3 is 3. The first-order valence-electron chi connectivity index (χ1n) is 12.6. The molecule has 1 atom stereocenters. The number of para-hydroxylation sites is 3. The van der Waals surface area contributed by atoms with Gasteiger partial charge in [0, 0.05) is 16.7 Å². The van der Waals surface area contributed by atoms with E-state index in [1.54, 1.807) is 20.3 Å². The maximum atomic E-state index is 14.0. The molecule has 1 aliphatic heterocycles. The zero-order chi connectivity index (χ0) is 28.7. The number of rotatable bonds is 6. The van der Waals surface area contributed by atoms with E-state index in [2.05, 4.69) is 0 Å². The number of carbonyl (C=O) groups excluding carboxylic acids is 1. The molecule has 10 heteroatoms. The number of hydrogen-bond acceptors (Lipinski definition) is 9. The number of allylic oxidation sites excluding steroid dienone is 1. The summed E-state index contributed by atoms with van der Waals surface area (Å²) < 4.78 is 19.7. The summed E-state index contributed by atoms with van der Waals surface area (Å²) in [5.74, 6) is 0.0928. The van der Waals surface area contributed by atoms with Crippen molar-refractivity contribution < 1.29 is 19.0 Å². The number of nitrogens with two attached hydrogens (primary N) is 1. The molecule has 0 saturated heterocycles. The van der Waals surface area contributed by atoms with Crippen molar-refractivity contribution in [1.82, 2.24) is 9.55 Å². The average Bonchev–Trinajstić information content (AvgIpc) is 3.57. The van der Waals surface area contributed by atoms with Crippen LogP contribution in [-0.4, -0.2) is 36.8 Å². The Morgan fingerprint density at radius 3 is 2.34 bits per heavy atom. The van der Waals surface area contributed by atoms with E-state index in [1.165, 1.54) is 34.4 Å². The third-order valence-electron chi connectivity index (χ3n) is 6.95. The van der Waals surface area contributed by atoms with Crippen LogP contribution in [0.1, 0.15) is 22.1 Å². The van der Waals surface area contributed by atoms with E-state index >= 15 is 0 Å². The summed E-state index contributed by atoms with van der Waals surface area (Å²) in [5.41, 5.74) is 9.58. The predicted octanol–water partition coefficient (Wildman–Crippen LogP) is 3.77. The molecule has 0 spiro atoms. The number of aromatic nitrogens is 2. The van der Waals surface area contributed by atoms with Crippen molar-refractivity contribution in [3.05, 3.63) is 108 Å². The molecule has 0 fully saturated rings. The van der Waals surface area contributed by atoms with Crippen LogP contribution < -0.4 is 30.0 Å². The van der Waals surface area contributed by atoms with Crippen molar-refractivity contribution in [2.45, 2.75) is 5.92 Å². The molecule has 206 valence electrons. The van der Waals surface area contributed by atoms with Gasteiger partial charge in [-0.2, -0.15) is 0 Å². The number of hydrogen-bond donors (Lipinski definition) is 1. The predicted molar refractivity (Wildman–Crippen MR) is 162 cm³/mol. The highest BCUT2D eigenvalue weighted by atomic mass is 32.1. The molecule has 0 amide bonds. The van der Waals surface area contributed by atoms with Crippen LogP contribution >= 0.6 is 22.7 Å². The summed E-state index contributed by atoms with van der Waals surface area (Å²) >= 11 is 2.62. The van der Waals surface area contributed by atoms with Crippen molar-refractivity contribution in [2.24, 2.45) is 5.73 Å². The first kappa shape index (κ1) is 26.5. The third-order valence-corrected chi connectivity index (χ3v) is 9.13. The second kappa shape index (κ2) is 10.7. The minimum atomic E-state index is -0.712. The Hall–Kier alpha value is -4.67. The van der Waals surface area contributed by atoms with Crippen LogP contribution in [0, 0.1) is 0 Å². The van der Waals surface area contributed by atoms with E-state index in [9.17, 15) is 9.59 Å². The van der Waals surface area contributed by atoms with Crippen LogP contribution in [0.4, 0.5) is 0 Å².